The lowest BCUT2D eigenvalue weighted by Crippen LogP contribution is -2.35. The summed E-state index contributed by atoms with van der Waals surface area (Å²) in [5.74, 6) is 0.574. The van der Waals surface area contributed by atoms with Gasteiger partial charge in [0.25, 0.3) is 0 Å². The molecule has 0 radical (unpaired) electrons. The molecule has 114 valence electrons. The van der Waals surface area contributed by atoms with Crippen LogP contribution in [0, 0.1) is 5.82 Å². The number of rotatable bonds is 2. The molecule has 0 bridgehead atoms. The number of alkyl halides is 1. The standard InChI is InChI=1S/C15H17Cl2FN2O/c1-15(2)7-9(3-4-21-15)20-13-5-10(17)11(18)6-12(13)19-14(20)8-16/h5-6,9H,3-4,7-8H2,1-2H3. The maximum absolute atomic E-state index is 13.6. The Kier molecular flexibility index (Phi) is 3.89. The predicted molar refractivity (Wildman–Crippen MR) is 82.6 cm³/mol. The Labute approximate surface area is 133 Å². The summed E-state index contributed by atoms with van der Waals surface area (Å²) in [6.45, 7) is 4.84. The first-order valence-electron chi connectivity index (χ1n) is 6.97. The summed E-state index contributed by atoms with van der Waals surface area (Å²) in [5, 5.41) is 0.107. The smallest absolute Gasteiger partial charge is 0.144 e. The highest BCUT2D eigenvalue weighted by atomic mass is 35.5. The topological polar surface area (TPSA) is 27.1 Å². The summed E-state index contributed by atoms with van der Waals surface area (Å²) >= 11 is 12.0. The molecule has 2 aromatic rings. The quantitative estimate of drug-likeness (QED) is 0.746. The average molecular weight is 331 g/mol. The molecule has 1 saturated heterocycles. The molecule has 1 fully saturated rings. The van der Waals surface area contributed by atoms with Gasteiger partial charge in [-0.05, 0) is 32.8 Å². The monoisotopic (exact) mass is 330 g/mol. The van der Waals surface area contributed by atoms with Gasteiger partial charge in [-0.3, -0.25) is 0 Å². The SMILES string of the molecule is CC1(C)CC(n2c(CCl)nc3cc(F)c(Cl)cc32)CCO1. The molecule has 2 heterocycles. The van der Waals surface area contributed by atoms with E-state index in [2.05, 4.69) is 23.4 Å². The number of benzene rings is 1. The minimum absolute atomic E-state index is 0.107. The van der Waals surface area contributed by atoms with E-state index in [9.17, 15) is 4.39 Å². The van der Waals surface area contributed by atoms with Crippen LogP contribution in [-0.4, -0.2) is 21.8 Å². The number of hydrogen-bond donors (Lipinski definition) is 0. The summed E-state index contributed by atoms with van der Waals surface area (Å²) in [6, 6.07) is 3.24. The Hall–Kier alpha value is -0.840. The van der Waals surface area contributed by atoms with E-state index in [0.717, 1.165) is 24.2 Å². The third-order valence-electron chi connectivity index (χ3n) is 3.96. The van der Waals surface area contributed by atoms with Crippen molar-refractivity contribution in [3.8, 4) is 0 Å². The Morgan fingerprint density at radius 2 is 2.24 bits per heavy atom. The third-order valence-corrected chi connectivity index (χ3v) is 4.49. The van der Waals surface area contributed by atoms with Crippen molar-refractivity contribution in [2.24, 2.45) is 0 Å². The lowest BCUT2D eigenvalue weighted by molar-refractivity contribution is -0.0688. The van der Waals surface area contributed by atoms with Crippen molar-refractivity contribution in [2.75, 3.05) is 6.61 Å². The zero-order valence-electron chi connectivity index (χ0n) is 12.0. The van der Waals surface area contributed by atoms with E-state index < -0.39 is 5.82 Å². The molecule has 1 aliphatic rings. The van der Waals surface area contributed by atoms with Gasteiger partial charge in [0.2, 0.25) is 0 Å². The average Bonchev–Trinajstić information content (AvgIpc) is 2.75. The summed E-state index contributed by atoms with van der Waals surface area (Å²) < 4.78 is 21.5. The number of aromatic nitrogens is 2. The predicted octanol–water partition coefficient (Wildman–Crippen LogP) is 4.70. The Morgan fingerprint density at radius 3 is 2.90 bits per heavy atom. The number of hydrogen-bond acceptors (Lipinski definition) is 2. The first-order valence-corrected chi connectivity index (χ1v) is 7.88. The maximum atomic E-state index is 13.6. The summed E-state index contributed by atoms with van der Waals surface area (Å²) in [4.78, 5) is 4.45. The van der Waals surface area contributed by atoms with Crippen LogP contribution in [0.1, 0.15) is 38.6 Å². The fraction of sp³-hybridized carbons (Fsp3) is 0.533. The molecule has 3 rings (SSSR count). The molecule has 0 aliphatic carbocycles. The molecule has 0 N–H and O–H groups in total. The Morgan fingerprint density at radius 1 is 1.48 bits per heavy atom. The lowest BCUT2D eigenvalue weighted by atomic mass is 9.93. The van der Waals surface area contributed by atoms with Gasteiger partial charge in [0, 0.05) is 18.7 Å². The first-order chi connectivity index (χ1) is 9.91. The van der Waals surface area contributed by atoms with Gasteiger partial charge in [0.1, 0.15) is 11.6 Å². The molecule has 1 atom stereocenters. The van der Waals surface area contributed by atoms with Crippen molar-refractivity contribution >= 4 is 34.2 Å². The Bertz CT molecular complexity index is 684. The van der Waals surface area contributed by atoms with Gasteiger partial charge < -0.3 is 9.30 Å². The fourth-order valence-corrected chi connectivity index (χ4v) is 3.41. The maximum Gasteiger partial charge on any atom is 0.144 e. The highest BCUT2D eigenvalue weighted by molar-refractivity contribution is 6.31. The normalized spacial score (nSPS) is 21.9. The van der Waals surface area contributed by atoms with Gasteiger partial charge in [-0.1, -0.05) is 11.6 Å². The molecular weight excluding hydrogens is 314 g/mol. The lowest BCUT2D eigenvalue weighted by Gasteiger charge is -2.36. The number of imidazole rings is 1. The third kappa shape index (κ3) is 2.77. The molecule has 21 heavy (non-hydrogen) atoms. The Balaban J connectivity index is 2.14. The van der Waals surface area contributed by atoms with E-state index in [1.54, 1.807) is 6.07 Å². The molecule has 0 spiro atoms. The highest BCUT2D eigenvalue weighted by Gasteiger charge is 2.31. The van der Waals surface area contributed by atoms with Gasteiger partial charge in [-0.15, -0.1) is 11.6 Å². The van der Waals surface area contributed by atoms with Gasteiger partial charge >= 0.3 is 0 Å². The van der Waals surface area contributed by atoms with E-state index in [1.807, 2.05) is 0 Å². The molecule has 6 heteroatoms. The molecule has 1 aromatic heterocycles. The number of ether oxygens (including phenoxy) is 1. The van der Waals surface area contributed by atoms with Crippen LogP contribution in [-0.2, 0) is 10.6 Å². The zero-order valence-corrected chi connectivity index (χ0v) is 13.5. The van der Waals surface area contributed by atoms with E-state index in [4.69, 9.17) is 27.9 Å². The van der Waals surface area contributed by atoms with Gasteiger partial charge in [0.15, 0.2) is 0 Å². The van der Waals surface area contributed by atoms with Crippen LogP contribution >= 0.6 is 23.2 Å². The molecule has 1 unspecified atom stereocenters. The van der Waals surface area contributed by atoms with Crippen molar-refractivity contribution in [3.63, 3.8) is 0 Å². The number of nitrogens with zero attached hydrogens (tertiary/aromatic N) is 2. The molecule has 0 saturated carbocycles. The minimum Gasteiger partial charge on any atom is -0.375 e. The van der Waals surface area contributed by atoms with Crippen molar-refractivity contribution < 1.29 is 9.13 Å². The molecule has 0 amide bonds. The van der Waals surface area contributed by atoms with Crippen molar-refractivity contribution in [1.29, 1.82) is 0 Å². The van der Waals surface area contributed by atoms with Gasteiger partial charge in [0.05, 0.1) is 27.5 Å². The molecule has 1 aliphatic heterocycles. The van der Waals surface area contributed by atoms with Crippen molar-refractivity contribution in [1.82, 2.24) is 9.55 Å². The van der Waals surface area contributed by atoms with Crippen LogP contribution in [0.25, 0.3) is 11.0 Å². The largest absolute Gasteiger partial charge is 0.375 e. The van der Waals surface area contributed by atoms with E-state index in [1.165, 1.54) is 6.07 Å². The van der Waals surface area contributed by atoms with Crippen LogP contribution in [0.15, 0.2) is 12.1 Å². The van der Waals surface area contributed by atoms with E-state index in [-0.39, 0.29) is 22.5 Å². The van der Waals surface area contributed by atoms with Gasteiger partial charge in [-0.25, -0.2) is 9.37 Å². The van der Waals surface area contributed by atoms with Crippen LogP contribution in [0.5, 0.6) is 0 Å². The zero-order chi connectivity index (χ0) is 15.2. The summed E-state index contributed by atoms with van der Waals surface area (Å²) in [7, 11) is 0. The van der Waals surface area contributed by atoms with Crippen LogP contribution in [0.4, 0.5) is 4.39 Å². The molecule has 1 aromatic carbocycles. The van der Waals surface area contributed by atoms with E-state index >= 15 is 0 Å². The van der Waals surface area contributed by atoms with Crippen LogP contribution < -0.4 is 0 Å². The summed E-state index contributed by atoms with van der Waals surface area (Å²) in [5.41, 5.74) is 1.24. The number of halogens is 3. The number of fused-ring (bicyclic) bond motifs is 1. The van der Waals surface area contributed by atoms with Crippen molar-refractivity contribution in [3.05, 3.63) is 28.8 Å². The molecule has 3 nitrogen and oxygen atoms in total. The van der Waals surface area contributed by atoms with Gasteiger partial charge in [-0.2, -0.15) is 0 Å². The second kappa shape index (κ2) is 5.41. The van der Waals surface area contributed by atoms with Crippen LogP contribution in [0.3, 0.4) is 0 Å². The second-order valence-electron chi connectivity index (χ2n) is 6.04. The second-order valence-corrected chi connectivity index (χ2v) is 6.72. The highest BCUT2D eigenvalue weighted by Crippen LogP contribution is 2.36. The fourth-order valence-electron chi connectivity index (χ4n) is 3.06. The van der Waals surface area contributed by atoms with E-state index in [0.29, 0.717) is 12.1 Å². The summed E-state index contributed by atoms with van der Waals surface area (Å²) in [6.07, 6.45) is 1.74. The van der Waals surface area contributed by atoms with Crippen LogP contribution in [0.2, 0.25) is 5.02 Å². The minimum atomic E-state index is -0.456. The van der Waals surface area contributed by atoms with Crippen molar-refractivity contribution in [2.45, 2.75) is 44.2 Å². The first kappa shape index (κ1) is 15.1. The molecular formula is C15H17Cl2FN2O.